The predicted molar refractivity (Wildman–Crippen MR) is 162 cm³/mol. The van der Waals surface area contributed by atoms with Crippen LogP contribution >= 0.6 is 0 Å². The molecule has 0 aliphatic carbocycles. The monoisotopic (exact) mass is 777 g/mol. The first kappa shape index (κ1) is 34.0. The number of aliphatic hydroxyl groups excluding tert-OH is 3. The molecular weight excluding hydrogens is 746 g/mol. The quantitative estimate of drug-likeness (QED) is 0.0871. The van der Waals surface area contributed by atoms with Crippen molar-refractivity contribution in [3.63, 3.8) is 0 Å². The average Bonchev–Trinajstić information content (AvgIpc) is 3.05. The van der Waals surface area contributed by atoms with Gasteiger partial charge in [0.1, 0.15) is 35.9 Å². The number of aliphatic hydroxyl groups is 3. The molecule has 2 aliphatic rings. The van der Waals surface area contributed by atoms with Crippen LogP contribution < -0.4 is 9.64 Å². The summed E-state index contributed by atoms with van der Waals surface area (Å²) < 4.78 is 24.5. The first-order valence-corrected chi connectivity index (χ1v) is 14.4. The molecule has 6 unspecified atom stereocenters. The topological polar surface area (TPSA) is 137 Å². The minimum absolute atomic E-state index is 0. The van der Waals surface area contributed by atoms with Gasteiger partial charge < -0.3 is 34.8 Å². The number of carbonyl (C=O) groups excluding carboxylic acids is 2. The maximum absolute atomic E-state index is 13.3. The van der Waals surface area contributed by atoms with Gasteiger partial charge in [0.2, 0.25) is 5.91 Å². The second-order valence-corrected chi connectivity index (χ2v) is 11.0. The molecule has 2 heterocycles. The molecule has 6 atom stereocenters. The number of aromatic hydroxyl groups is 1. The van der Waals surface area contributed by atoms with Gasteiger partial charge in [-0.05, 0) is 71.4 Å². The number of ketones is 1. The van der Waals surface area contributed by atoms with Gasteiger partial charge in [0.25, 0.3) is 0 Å². The zero-order chi connectivity index (χ0) is 31.7. The third-order valence-electron chi connectivity index (χ3n) is 8.17. The van der Waals surface area contributed by atoms with Crippen molar-refractivity contribution in [2.45, 2.75) is 30.5 Å². The van der Waals surface area contributed by atoms with E-state index in [4.69, 9.17) is 9.47 Å². The summed E-state index contributed by atoms with van der Waals surface area (Å²) in [6.07, 6.45) is -2.55. The number of phenolic OH excluding ortho intramolecular Hbond substituents is 1. The van der Waals surface area contributed by atoms with Crippen molar-refractivity contribution >= 4 is 17.4 Å². The predicted octanol–water partition coefficient (Wildman–Crippen LogP) is 3.91. The minimum Gasteiger partial charge on any atom is -0.508 e. The van der Waals surface area contributed by atoms with Crippen molar-refractivity contribution in [1.29, 1.82) is 0 Å². The largest absolute Gasteiger partial charge is 0.508 e. The van der Waals surface area contributed by atoms with Crippen LogP contribution in [0.2, 0.25) is 0 Å². The van der Waals surface area contributed by atoms with Gasteiger partial charge in [-0.3, -0.25) is 16.0 Å². The number of benzene rings is 4. The van der Waals surface area contributed by atoms with Gasteiger partial charge in [0, 0.05) is 55.6 Å². The van der Waals surface area contributed by atoms with Crippen LogP contribution in [-0.2, 0) is 14.3 Å². The Bertz CT molecular complexity index is 1670. The van der Waals surface area contributed by atoms with Crippen LogP contribution in [0.5, 0.6) is 11.5 Å². The Morgan fingerprint density at radius 2 is 1.61 bits per heavy atom. The molecule has 2 saturated heterocycles. The summed E-state index contributed by atoms with van der Waals surface area (Å²) in [5.41, 5.74) is 2.97. The van der Waals surface area contributed by atoms with E-state index in [0.29, 0.717) is 28.1 Å². The van der Waals surface area contributed by atoms with E-state index in [1.165, 1.54) is 35.6 Å². The normalized spacial score (nSPS) is 24.1. The van der Waals surface area contributed by atoms with E-state index in [-0.39, 0.29) is 50.1 Å². The number of rotatable bonds is 9. The summed E-state index contributed by atoms with van der Waals surface area (Å²) in [5, 5.41) is 41.2. The maximum Gasteiger partial charge on any atom is 0.240 e. The molecule has 0 bridgehead atoms. The van der Waals surface area contributed by atoms with E-state index in [2.05, 4.69) is 0 Å². The van der Waals surface area contributed by atoms with E-state index in [1.54, 1.807) is 66.7 Å². The van der Waals surface area contributed by atoms with E-state index >= 15 is 0 Å². The number of hydrogen-bond donors (Lipinski definition) is 4. The first-order valence-electron chi connectivity index (χ1n) is 14.4. The average molecular weight is 778 g/mol. The van der Waals surface area contributed by atoms with E-state index in [0.717, 1.165) is 5.56 Å². The summed E-state index contributed by atoms with van der Waals surface area (Å²) in [5.74, 6) is -2.25. The fraction of sp³-hybridized carbons (Fsp3) is 0.229. The zero-order valence-corrected chi connectivity index (χ0v) is 26.2. The molecule has 11 heteroatoms. The van der Waals surface area contributed by atoms with Gasteiger partial charge in [-0.2, -0.15) is 0 Å². The van der Waals surface area contributed by atoms with Gasteiger partial charge in [0.15, 0.2) is 5.78 Å². The summed E-state index contributed by atoms with van der Waals surface area (Å²) in [6.45, 7) is -0.730. The third-order valence-corrected chi connectivity index (χ3v) is 8.17. The Kier molecular flexibility index (Phi) is 10.8. The molecule has 1 amide bonds. The zero-order valence-electron chi connectivity index (χ0n) is 24.2. The molecule has 46 heavy (non-hydrogen) atoms. The van der Waals surface area contributed by atoms with Crippen molar-refractivity contribution in [3.8, 4) is 22.6 Å². The number of phenols is 1. The number of anilines is 1. The van der Waals surface area contributed by atoms with Crippen LogP contribution in [-0.4, -0.2) is 63.6 Å². The molecule has 0 spiro atoms. The first-order chi connectivity index (χ1) is 21.7. The number of para-hydroxylation sites is 1. The summed E-state index contributed by atoms with van der Waals surface area (Å²) in [6, 6.07) is 25.3. The minimum atomic E-state index is -1.20. The number of β-lactam (4-membered cyclic amide) rings is 1. The number of nitrogens with zero attached hydrogens (tertiary/aromatic N) is 1. The maximum atomic E-state index is 13.3. The number of ether oxygens (including phenoxy) is 2. The van der Waals surface area contributed by atoms with Gasteiger partial charge in [-0.15, -0.1) is 0 Å². The van der Waals surface area contributed by atoms with Gasteiger partial charge in [0.05, 0.1) is 12.1 Å². The molecule has 0 aromatic heterocycles. The van der Waals surface area contributed by atoms with Crippen molar-refractivity contribution in [3.05, 3.63) is 120 Å². The Morgan fingerprint density at radius 3 is 2.26 bits per heavy atom. The molecule has 6 rings (SSSR count). The Balaban J connectivity index is 0.00000417. The van der Waals surface area contributed by atoms with E-state index in [1.807, 2.05) is 6.07 Å². The second-order valence-electron chi connectivity index (χ2n) is 11.0. The Labute approximate surface area is 294 Å². The van der Waals surface area contributed by atoms with Crippen LogP contribution in [0, 0.1) is 55.9 Å². The molecule has 1 radical (unpaired) electrons. The summed E-state index contributed by atoms with van der Waals surface area (Å²) >= 11 is 0. The molecular formula is C35H31FHoNO8-. The molecule has 243 valence electrons. The van der Waals surface area contributed by atoms with Crippen molar-refractivity contribution in [2.24, 2.45) is 5.92 Å². The van der Waals surface area contributed by atoms with E-state index in [9.17, 15) is 34.4 Å². The molecule has 4 N–H and O–H groups in total. The number of Topliss-reactive ketones (excluding diaryl/α,β-unsaturated/α-hetero) is 1. The Hall–Kier alpha value is -3.35. The molecule has 2 fully saturated rings. The fourth-order valence-electron chi connectivity index (χ4n) is 5.82. The smallest absolute Gasteiger partial charge is 0.240 e. The van der Waals surface area contributed by atoms with Crippen LogP contribution in [0.1, 0.15) is 23.3 Å². The number of halogens is 1. The molecule has 4 aromatic carbocycles. The van der Waals surface area contributed by atoms with Crippen molar-refractivity contribution in [1.82, 2.24) is 0 Å². The number of amides is 1. The summed E-state index contributed by atoms with van der Waals surface area (Å²) in [4.78, 5) is 28.1. The second kappa shape index (κ2) is 14.6. The van der Waals surface area contributed by atoms with Crippen LogP contribution in [0.4, 0.5) is 10.1 Å². The van der Waals surface area contributed by atoms with Crippen LogP contribution in [0.15, 0.2) is 97.1 Å². The molecule has 4 aromatic rings. The van der Waals surface area contributed by atoms with Crippen molar-refractivity contribution < 1.29 is 81.6 Å². The van der Waals surface area contributed by atoms with Gasteiger partial charge >= 0.3 is 0 Å². The van der Waals surface area contributed by atoms with Crippen LogP contribution in [0.25, 0.3) is 11.1 Å². The van der Waals surface area contributed by atoms with Crippen molar-refractivity contribution in [2.75, 3.05) is 18.1 Å². The van der Waals surface area contributed by atoms with Crippen LogP contribution in [0.3, 0.4) is 0 Å². The molecule has 9 nitrogen and oxygen atoms in total. The standard InChI is InChI=1S/C35H31FNO8.Ho/c36-23-11-13-25(14-12-23)44-19-30(41)31-32(37(35(31)43)24-4-2-1-3-5-24)27-15-10-22(16-28(27)39)20-6-8-21(9-7-20)34-33(42)29(40)17-26(18-38)45-34;/h1-17,26,29,31-34,38-40,42H,18-19H2;/q-1;. The third kappa shape index (κ3) is 6.84. The molecule has 2 aliphatic heterocycles. The SMILES string of the molecule is O=C(COc1ccc(F)cc1)C1C(=O)N(c2ccccc2)C1c1ccc(-c2ccc(C3OC(CO)[CH-]C(O)C3O)cc2)cc1O.[Ho]. The van der Waals surface area contributed by atoms with Gasteiger partial charge in [-0.25, -0.2) is 4.39 Å². The van der Waals surface area contributed by atoms with Gasteiger partial charge in [-0.1, -0.05) is 54.6 Å². The molecule has 0 saturated carbocycles. The Morgan fingerprint density at radius 1 is 0.935 bits per heavy atom. The number of carbonyl (C=O) groups is 2. The number of hydrogen-bond acceptors (Lipinski definition) is 8. The fourth-order valence-corrected chi connectivity index (χ4v) is 5.82. The summed E-state index contributed by atoms with van der Waals surface area (Å²) in [7, 11) is 0. The van der Waals surface area contributed by atoms with E-state index < -0.39 is 60.5 Å².